The van der Waals surface area contributed by atoms with E-state index in [1.807, 2.05) is 5.32 Å². The molecule has 0 aliphatic heterocycles. The van der Waals surface area contributed by atoms with Crippen LogP contribution in [-0.2, 0) is 14.8 Å². The summed E-state index contributed by atoms with van der Waals surface area (Å²) in [5, 5.41) is 5.56. The predicted octanol–water partition coefficient (Wildman–Crippen LogP) is 2.02. The number of carbonyl (C=O) groups excluding carboxylic acids is 1. The first-order valence-electron chi connectivity index (χ1n) is 6.99. The van der Waals surface area contributed by atoms with Gasteiger partial charge < -0.3 is 9.84 Å². The number of anilines is 1. The van der Waals surface area contributed by atoms with Crippen LogP contribution in [0.15, 0.2) is 21.6 Å². The molecule has 0 radical (unpaired) electrons. The second kappa shape index (κ2) is 7.23. The van der Waals surface area contributed by atoms with E-state index < -0.39 is 39.1 Å². The van der Waals surface area contributed by atoms with Crippen LogP contribution in [0.4, 0.5) is 18.9 Å². The van der Waals surface area contributed by atoms with Crippen LogP contribution in [0.2, 0.25) is 0 Å². The second-order valence-electron chi connectivity index (χ2n) is 5.07. The number of amides is 1. The van der Waals surface area contributed by atoms with Gasteiger partial charge in [-0.25, -0.2) is 26.3 Å². The molecule has 2 aromatic rings. The SMILES string of the molecule is Cc1noc(C)c1S(=O)(=O)NCCC(=O)Nc1ccc(F)c(F)c1F. The van der Waals surface area contributed by atoms with E-state index in [4.69, 9.17) is 4.52 Å². The molecule has 1 heterocycles. The Kier molecular flexibility index (Phi) is 5.48. The molecule has 0 bridgehead atoms. The summed E-state index contributed by atoms with van der Waals surface area (Å²) in [4.78, 5) is 11.6. The summed E-state index contributed by atoms with van der Waals surface area (Å²) in [6.07, 6.45) is -0.360. The molecule has 136 valence electrons. The van der Waals surface area contributed by atoms with E-state index in [0.717, 1.165) is 6.07 Å². The highest BCUT2D eigenvalue weighted by Gasteiger charge is 2.24. The highest BCUT2D eigenvalue weighted by atomic mass is 32.2. The molecule has 1 aromatic heterocycles. The summed E-state index contributed by atoms with van der Waals surface area (Å²) < 4.78 is 70.5. The number of sulfonamides is 1. The molecule has 1 amide bonds. The zero-order valence-electron chi connectivity index (χ0n) is 13.2. The highest BCUT2D eigenvalue weighted by molar-refractivity contribution is 7.89. The maximum absolute atomic E-state index is 13.5. The number of nitrogens with one attached hydrogen (secondary N) is 2. The molecule has 2 N–H and O–H groups in total. The van der Waals surface area contributed by atoms with Crippen LogP contribution in [0.1, 0.15) is 17.9 Å². The number of aryl methyl sites for hydroxylation is 2. The van der Waals surface area contributed by atoms with Gasteiger partial charge in [0.2, 0.25) is 15.9 Å². The Morgan fingerprint density at radius 2 is 1.88 bits per heavy atom. The van der Waals surface area contributed by atoms with Crippen molar-refractivity contribution in [1.82, 2.24) is 9.88 Å². The van der Waals surface area contributed by atoms with E-state index in [-0.39, 0.29) is 29.3 Å². The lowest BCUT2D eigenvalue weighted by Gasteiger charge is -2.08. The molecule has 0 unspecified atom stereocenters. The minimum Gasteiger partial charge on any atom is -0.360 e. The van der Waals surface area contributed by atoms with Crippen LogP contribution in [-0.4, -0.2) is 26.0 Å². The Hall–Kier alpha value is -2.40. The number of carbonyl (C=O) groups is 1. The largest absolute Gasteiger partial charge is 0.360 e. The quantitative estimate of drug-likeness (QED) is 0.750. The van der Waals surface area contributed by atoms with E-state index in [0.29, 0.717) is 6.07 Å². The van der Waals surface area contributed by atoms with E-state index in [1.165, 1.54) is 13.8 Å². The van der Waals surface area contributed by atoms with E-state index in [1.54, 1.807) is 0 Å². The lowest BCUT2D eigenvalue weighted by molar-refractivity contribution is -0.116. The topological polar surface area (TPSA) is 101 Å². The van der Waals surface area contributed by atoms with Crippen molar-refractivity contribution in [2.75, 3.05) is 11.9 Å². The van der Waals surface area contributed by atoms with Crippen LogP contribution < -0.4 is 10.0 Å². The van der Waals surface area contributed by atoms with E-state index in [9.17, 15) is 26.4 Å². The molecule has 7 nitrogen and oxygen atoms in total. The number of halogens is 3. The molecule has 0 saturated heterocycles. The first kappa shape index (κ1) is 18.9. The Morgan fingerprint density at radius 3 is 2.48 bits per heavy atom. The molecule has 25 heavy (non-hydrogen) atoms. The van der Waals surface area contributed by atoms with Crippen LogP contribution in [0.3, 0.4) is 0 Å². The average molecular weight is 377 g/mol. The fraction of sp³-hybridized carbons (Fsp3) is 0.286. The average Bonchev–Trinajstić information content (AvgIpc) is 2.87. The fourth-order valence-corrected chi connectivity index (χ4v) is 3.42. The Labute approximate surface area is 141 Å². The molecule has 0 aliphatic rings. The van der Waals surface area contributed by atoms with Crippen LogP contribution in [0, 0.1) is 31.3 Å². The van der Waals surface area contributed by atoms with Crippen molar-refractivity contribution < 1.29 is 30.9 Å². The molecular weight excluding hydrogens is 363 g/mol. The molecule has 0 aliphatic carbocycles. The van der Waals surface area contributed by atoms with Gasteiger partial charge in [0.05, 0.1) is 5.69 Å². The van der Waals surface area contributed by atoms with Gasteiger partial charge in [0.25, 0.3) is 0 Å². The van der Waals surface area contributed by atoms with Crippen LogP contribution in [0.5, 0.6) is 0 Å². The monoisotopic (exact) mass is 377 g/mol. The highest BCUT2D eigenvalue weighted by Crippen LogP contribution is 2.20. The number of hydrogen-bond donors (Lipinski definition) is 2. The molecular formula is C14H14F3N3O4S. The second-order valence-corrected chi connectivity index (χ2v) is 6.78. The summed E-state index contributed by atoms with van der Waals surface area (Å²) in [7, 11) is -3.94. The zero-order chi connectivity index (χ0) is 18.8. The van der Waals surface area contributed by atoms with Gasteiger partial charge in [-0.2, -0.15) is 0 Å². The van der Waals surface area contributed by atoms with Crippen molar-refractivity contribution in [3.05, 3.63) is 41.0 Å². The van der Waals surface area contributed by atoms with Crippen molar-refractivity contribution in [1.29, 1.82) is 0 Å². The first-order valence-corrected chi connectivity index (χ1v) is 8.47. The molecule has 0 spiro atoms. The van der Waals surface area contributed by atoms with Crippen molar-refractivity contribution in [2.24, 2.45) is 0 Å². The Morgan fingerprint density at radius 1 is 1.20 bits per heavy atom. The van der Waals surface area contributed by atoms with E-state index in [2.05, 4.69) is 9.88 Å². The van der Waals surface area contributed by atoms with Crippen molar-refractivity contribution >= 4 is 21.6 Å². The number of benzene rings is 1. The van der Waals surface area contributed by atoms with Gasteiger partial charge in [-0.05, 0) is 26.0 Å². The summed E-state index contributed by atoms with van der Waals surface area (Å²) in [6, 6.07) is 1.52. The Balaban J connectivity index is 1.96. The molecule has 0 saturated carbocycles. The minimum atomic E-state index is -3.94. The number of rotatable bonds is 6. The van der Waals surface area contributed by atoms with Crippen LogP contribution >= 0.6 is 0 Å². The number of aromatic nitrogens is 1. The fourth-order valence-electron chi connectivity index (χ4n) is 2.06. The maximum atomic E-state index is 13.5. The summed E-state index contributed by atoms with van der Waals surface area (Å²) in [6.45, 7) is 2.57. The predicted molar refractivity (Wildman–Crippen MR) is 80.7 cm³/mol. The Bertz CT molecular complexity index is 893. The lowest BCUT2D eigenvalue weighted by atomic mass is 10.2. The van der Waals surface area contributed by atoms with E-state index >= 15 is 0 Å². The van der Waals surface area contributed by atoms with Crippen molar-refractivity contribution in [3.8, 4) is 0 Å². The van der Waals surface area contributed by atoms with Crippen molar-refractivity contribution in [2.45, 2.75) is 25.2 Å². The third-order valence-corrected chi connectivity index (χ3v) is 4.89. The van der Waals surface area contributed by atoms with Gasteiger partial charge >= 0.3 is 0 Å². The molecule has 1 aromatic carbocycles. The summed E-state index contributed by atoms with van der Waals surface area (Å²) in [5.74, 6) is -5.33. The van der Waals surface area contributed by atoms with Gasteiger partial charge in [0.1, 0.15) is 10.6 Å². The third kappa shape index (κ3) is 4.17. The zero-order valence-corrected chi connectivity index (χ0v) is 14.0. The lowest BCUT2D eigenvalue weighted by Crippen LogP contribution is -2.28. The number of nitrogens with zero attached hydrogens (tertiary/aromatic N) is 1. The smallest absolute Gasteiger partial charge is 0.245 e. The standard InChI is InChI=1S/C14H14F3N3O4S/c1-7-14(8(2)24-20-7)25(22,23)18-6-5-11(21)19-10-4-3-9(15)12(16)13(10)17/h3-4,18H,5-6H2,1-2H3,(H,19,21). The summed E-state index contributed by atoms with van der Waals surface area (Å²) >= 11 is 0. The minimum absolute atomic E-state index is 0.0957. The number of hydrogen-bond acceptors (Lipinski definition) is 5. The van der Waals surface area contributed by atoms with Gasteiger partial charge in [-0.15, -0.1) is 0 Å². The van der Waals surface area contributed by atoms with Gasteiger partial charge in [0.15, 0.2) is 23.2 Å². The van der Waals surface area contributed by atoms with Gasteiger partial charge in [0, 0.05) is 13.0 Å². The normalized spacial score (nSPS) is 11.6. The third-order valence-electron chi connectivity index (χ3n) is 3.19. The molecule has 0 atom stereocenters. The molecule has 11 heteroatoms. The van der Waals surface area contributed by atoms with Gasteiger partial charge in [-0.3, -0.25) is 4.79 Å². The van der Waals surface area contributed by atoms with Crippen molar-refractivity contribution in [3.63, 3.8) is 0 Å². The maximum Gasteiger partial charge on any atom is 0.245 e. The van der Waals surface area contributed by atoms with Crippen LogP contribution in [0.25, 0.3) is 0 Å². The van der Waals surface area contributed by atoms with Gasteiger partial charge in [-0.1, -0.05) is 5.16 Å². The molecule has 2 rings (SSSR count). The molecule has 0 fully saturated rings. The first-order chi connectivity index (χ1) is 11.6. The summed E-state index contributed by atoms with van der Waals surface area (Å²) in [5.41, 5.74) is -0.379.